The zero-order chi connectivity index (χ0) is 16.3. The van der Waals surface area contributed by atoms with Crippen molar-refractivity contribution in [2.24, 2.45) is 0 Å². The van der Waals surface area contributed by atoms with Gasteiger partial charge in [0.1, 0.15) is 0 Å². The van der Waals surface area contributed by atoms with Crippen LogP contribution in [0.2, 0.25) is 0 Å². The van der Waals surface area contributed by atoms with Gasteiger partial charge in [0.15, 0.2) is 11.4 Å². The number of carboxylic acid groups (broad SMARTS) is 1. The Kier molecular flexibility index (Phi) is 5.19. The first-order chi connectivity index (χ1) is 10.5. The highest BCUT2D eigenvalue weighted by Gasteiger charge is 2.20. The number of nitrogens with zero attached hydrogens (tertiary/aromatic N) is 1. The quantitative estimate of drug-likeness (QED) is 0.833. The molecule has 5 heteroatoms. The highest BCUT2D eigenvalue weighted by molar-refractivity contribution is 5.95. The van der Waals surface area contributed by atoms with Crippen molar-refractivity contribution in [3.63, 3.8) is 0 Å². The van der Waals surface area contributed by atoms with E-state index in [9.17, 15) is 9.18 Å². The average Bonchev–Trinajstić information content (AvgIpc) is 2.81. The molecule has 0 saturated heterocycles. The molecule has 0 spiro atoms. The van der Waals surface area contributed by atoms with Crippen LogP contribution in [0.1, 0.15) is 48.4 Å². The van der Waals surface area contributed by atoms with Crippen LogP contribution < -0.4 is 0 Å². The van der Waals surface area contributed by atoms with E-state index in [0.29, 0.717) is 17.5 Å². The largest absolute Gasteiger partial charge is 0.475 e. The minimum Gasteiger partial charge on any atom is -0.475 e. The fourth-order valence-electron chi connectivity index (χ4n) is 2.62. The summed E-state index contributed by atoms with van der Waals surface area (Å²) in [7, 11) is 0. The lowest BCUT2D eigenvalue weighted by Crippen LogP contribution is -2.23. The molecule has 0 aliphatic carbocycles. The zero-order valence-corrected chi connectivity index (χ0v) is 13.3. The van der Waals surface area contributed by atoms with E-state index in [4.69, 9.17) is 9.52 Å². The van der Waals surface area contributed by atoms with Crippen LogP contribution in [-0.2, 0) is 6.54 Å². The summed E-state index contributed by atoms with van der Waals surface area (Å²) in [5.41, 5.74) is 1.33. The number of halogens is 1. The number of aryl methyl sites for hydroxylation is 1. The summed E-state index contributed by atoms with van der Waals surface area (Å²) >= 11 is 0. The molecule has 1 N–H and O–H groups in total. The van der Waals surface area contributed by atoms with E-state index in [1.807, 2.05) is 6.07 Å². The summed E-state index contributed by atoms with van der Waals surface area (Å²) in [6.45, 7) is 8.38. The van der Waals surface area contributed by atoms with Crippen molar-refractivity contribution in [2.75, 3.05) is 13.1 Å². The molecule has 0 saturated carbocycles. The normalized spacial score (nSPS) is 11.5. The number of carboxylic acids is 1. The van der Waals surface area contributed by atoms with E-state index in [-0.39, 0.29) is 11.3 Å². The van der Waals surface area contributed by atoms with Gasteiger partial charge in [-0.25, -0.2) is 9.18 Å². The fourth-order valence-corrected chi connectivity index (χ4v) is 2.62. The van der Waals surface area contributed by atoms with Crippen molar-refractivity contribution < 1.29 is 18.7 Å². The van der Waals surface area contributed by atoms with Gasteiger partial charge in [-0.2, -0.15) is 0 Å². The third kappa shape index (κ3) is 3.30. The van der Waals surface area contributed by atoms with Crippen molar-refractivity contribution >= 4 is 16.9 Å². The van der Waals surface area contributed by atoms with Gasteiger partial charge < -0.3 is 9.52 Å². The summed E-state index contributed by atoms with van der Waals surface area (Å²) in [4.78, 5) is 13.4. The summed E-state index contributed by atoms with van der Waals surface area (Å²) in [6.07, 6.45) is 2.22. The van der Waals surface area contributed by atoms with Crippen LogP contribution in [0.15, 0.2) is 16.5 Å². The number of furan rings is 1. The molecule has 2 aromatic rings. The molecule has 0 bridgehead atoms. The van der Waals surface area contributed by atoms with Gasteiger partial charge in [0.25, 0.3) is 0 Å². The van der Waals surface area contributed by atoms with Crippen molar-refractivity contribution in [3.8, 4) is 0 Å². The number of benzene rings is 1. The van der Waals surface area contributed by atoms with Gasteiger partial charge in [-0.3, -0.25) is 4.90 Å². The minimum atomic E-state index is -1.17. The van der Waals surface area contributed by atoms with E-state index < -0.39 is 11.8 Å². The van der Waals surface area contributed by atoms with Crippen molar-refractivity contribution in [2.45, 2.75) is 40.2 Å². The second-order valence-corrected chi connectivity index (χ2v) is 5.54. The Labute approximate surface area is 129 Å². The Morgan fingerprint density at radius 2 is 2.09 bits per heavy atom. The number of fused-ring (bicyclic) bond motifs is 1. The summed E-state index contributed by atoms with van der Waals surface area (Å²) in [5, 5.41) is 9.62. The van der Waals surface area contributed by atoms with Gasteiger partial charge >= 0.3 is 5.97 Å². The van der Waals surface area contributed by atoms with E-state index in [1.165, 1.54) is 6.07 Å². The summed E-state index contributed by atoms with van der Waals surface area (Å²) in [6, 6.07) is 3.27. The lowest BCUT2D eigenvalue weighted by Gasteiger charge is -2.20. The van der Waals surface area contributed by atoms with E-state index in [2.05, 4.69) is 18.7 Å². The first-order valence-electron chi connectivity index (χ1n) is 7.65. The molecule has 120 valence electrons. The number of rotatable bonds is 7. The molecule has 0 fully saturated rings. The van der Waals surface area contributed by atoms with Crippen LogP contribution in [0, 0.1) is 12.7 Å². The zero-order valence-electron chi connectivity index (χ0n) is 13.3. The first kappa shape index (κ1) is 16.5. The maximum absolute atomic E-state index is 14.2. The van der Waals surface area contributed by atoms with Crippen LogP contribution in [0.25, 0.3) is 11.0 Å². The maximum Gasteiger partial charge on any atom is 0.372 e. The van der Waals surface area contributed by atoms with Crippen LogP contribution >= 0.6 is 0 Å². The van der Waals surface area contributed by atoms with Gasteiger partial charge in [0.05, 0.1) is 0 Å². The molecule has 1 heterocycles. The van der Waals surface area contributed by atoms with Gasteiger partial charge in [0.2, 0.25) is 5.76 Å². The molecule has 0 aliphatic rings. The van der Waals surface area contributed by atoms with Crippen LogP contribution in [0.4, 0.5) is 4.39 Å². The summed E-state index contributed by atoms with van der Waals surface area (Å²) < 4.78 is 19.4. The standard InChI is InChI=1S/C17H22FNO3/c1-4-6-7-19(5-2)10-12-8-13-11(3)15(17(20)21)22-16(13)14(18)9-12/h8-9H,4-7,10H2,1-3H3,(H,20,21). The Morgan fingerprint density at radius 3 is 2.68 bits per heavy atom. The van der Waals surface area contributed by atoms with Crippen molar-refractivity contribution in [1.29, 1.82) is 0 Å². The molecule has 1 aromatic heterocycles. The molecule has 4 nitrogen and oxygen atoms in total. The number of hydrogen-bond donors (Lipinski definition) is 1. The van der Waals surface area contributed by atoms with Gasteiger partial charge in [-0.1, -0.05) is 20.3 Å². The monoisotopic (exact) mass is 307 g/mol. The number of carbonyl (C=O) groups is 1. The molecule has 0 aliphatic heterocycles. The Balaban J connectivity index is 2.36. The molecule has 0 amide bonds. The second-order valence-electron chi connectivity index (χ2n) is 5.54. The Hall–Kier alpha value is -1.88. The number of aromatic carboxylic acids is 1. The topological polar surface area (TPSA) is 53.7 Å². The molecule has 1 aromatic carbocycles. The first-order valence-corrected chi connectivity index (χ1v) is 7.65. The molecule has 2 rings (SSSR count). The lowest BCUT2D eigenvalue weighted by molar-refractivity contribution is 0.0663. The Bertz CT molecular complexity index is 678. The highest BCUT2D eigenvalue weighted by Crippen LogP contribution is 2.29. The molecule has 0 radical (unpaired) electrons. The van der Waals surface area contributed by atoms with Crippen LogP contribution in [0.5, 0.6) is 0 Å². The van der Waals surface area contributed by atoms with Crippen LogP contribution in [-0.4, -0.2) is 29.1 Å². The highest BCUT2D eigenvalue weighted by atomic mass is 19.1. The van der Waals surface area contributed by atoms with Crippen LogP contribution in [0.3, 0.4) is 0 Å². The predicted molar refractivity (Wildman–Crippen MR) is 83.7 cm³/mol. The number of unbranched alkanes of at least 4 members (excludes halogenated alkanes) is 1. The molecular weight excluding hydrogens is 285 g/mol. The van der Waals surface area contributed by atoms with Gasteiger partial charge in [-0.15, -0.1) is 0 Å². The summed E-state index contributed by atoms with van der Waals surface area (Å²) in [5.74, 6) is -1.87. The maximum atomic E-state index is 14.2. The van der Waals surface area contributed by atoms with Crippen molar-refractivity contribution in [3.05, 3.63) is 34.8 Å². The second kappa shape index (κ2) is 6.92. The average molecular weight is 307 g/mol. The van der Waals surface area contributed by atoms with E-state index in [0.717, 1.165) is 31.5 Å². The fraction of sp³-hybridized carbons (Fsp3) is 0.471. The third-order valence-corrected chi connectivity index (χ3v) is 3.93. The molecule has 22 heavy (non-hydrogen) atoms. The molecular formula is C17H22FNO3. The lowest BCUT2D eigenvalue weighted by atomic mass is 10.1. The molecule has 0 atom stereocenters. The van der Waals surface area contributed by atoms with Gasteiger partial charge in [0, 0.05) is 17.5 Å². The number of hydrogen-bond acceptors (Lipinski definition) is 3. The Morgan fingerprint density at radius 1 is 1.36 bits per heavy atom. The van der Waals surface area contributed by atoms with Gasteiger partial charge in [-0.05, 0) is 44.1 Å². The minimum absolute atomic E-state index is 0.0234. The van der Waals surface area contributed by atoms with E-state index in [1.54, 1.807) is 6.92 Å². The van der Waals surface area contributed by atoms with E-state index >= 15 is 0 Å². The smallest absolute Gasteiger partial charge is 0.372 e. The molecule has 0 unspecified atom stereocenters. The van der Waals surface area contributed by atoms with Crippen molar-refractivity contribution in [1.82, 2.24) is 4.90 Å². The predicted octanol–water partition coefficient (Wildman–Crippen LogP) is 4.20. The third-order valence-electron chi connectivity index (χ3n) is 3.93. The SMILES string of the molecule is CCCCN(CC)Cc1cc(F)c2oc(C(=O)O)c(C)c2c1.